The summed E-state index contributed by atoms with van der Waals surface area (Å²) >= 11 is 0. The Morgan fingerprint density at radius 1 is 1.47 bits per heavy atom. The Labute approximate surface area is 99.5 Å². The smallest absolute Gasteiger partial charge is 0.312 e. The van der Waals surface area contributed by atoms with Crippen molar-refractivity contribution in [2.45, 2.75) is 19.4 Å². The highest BCUT2D eigenvalue weighted by Gasteiger charge is 2.21. The molecule has 0 spiro atoms. The molecule has 0 aliphatic heterocycles. The van der Waals surface area contributed by atoms with Crippen molar-refractivity contribution in [2.75, 3.05) is 0 Å². The van der Waals surface area contributed by atoms with Crippen LogP contribution in [-0.4, -0.2) is 20.6 Å². The van der Waals surface area contributed by atoms with E-state index in [0.29, 0.717) is 6.54 Å². The van der Waals surface area contributed by atoms with E-state index in [1.54, 1.807) is 23.3 Å². The maximum absolute atomic E-state index is 11.3. The van der Waals surface area contributed by atoms with Gasteiger partial charge in [0.15, 0.2) is 0 Å². The molecule has 1 aromatic carbocycles. The van der Waals surface area contributed by atoms with Crippen LogP contribution in [0.1, 0.15) is 17.0 Å². The van der Waals surface area contributed by atoms with Gasteiger partial charge in [0, 0.05) is 18.9 Å². The van der Waals surface area contributed by atoms with Gasteiger partial charge in [-0.1, -0.05) is 24.3 Å². The molecule has 0 fully saturated rings. The monoisotopic (exact) mass is 230 g/mol. The van der Waals surface area contributed by atoms with Gasteiger partial charge in [-0.2, -0.15) is 0 Å². The van der Waals surface area contributed by atoms with Crippen LogP contribution in [-0.2, 0) is 11.3 Å². The van der Waals surface area contributed by atoms with Crippen LogP contribution in [0.15, 0.2) is 43.0 Å². The highest BCUT2D eigenvalue weighted by molar-refractivity contribution is 5.76. The van der Waals surface area contributed by atoms with Crippen LogP contribution in [0, 0.1) is 6.92 Å². The van der Waals surface area contributed by atoms with Crippen molar-refractivity contribution < 1.29 is 9.90 Å². The molecule has 0 radical (unpaired) electrons. The van der Waals surface area contributed by atoms with E-state index >= 15 is 0 Å². The summed E-state index contributed by atoms with van der Waals surface area (Å²) in [4.78, 5) is 15.3. The summed E-state index contributed by atoms with van der Waals surface area (Å²) < 4.78 is 1.78. The standard InChI is InChI=1S/C13H14N2O2/c1-10-4-2-3-5-11(10)12(13(16)17)8-15-7-6-14-9-15/h2-7,9,12H,8H2,1H3,(H,16,17). The van der Waals surface area contributed by atoms with Gasteiger partial charge in [0.1, 0.15) is 0 Å². The molecule has 2 aromatic rings. The lowest BCUT2D eigenvalue weighted by molar-refractivity contribution is -0.139. The zero-order valence-corrected chi connectivity index (χ0v) is 9.58. The summed E-state index contributed by atoms with van der Waals surface area (Å²) in [6, 6.07) is 7.57. The number of hydrogen-bond acceptors (Lipinski definition) is 2. The molecule has 1 atom stereocenters. The number of benzene rings is 1. The number of imidazole rings is 1. The average Bonchev–Trinajstić information content (AvgIpc) is 2.79. The minimum Gasteiger partial charge on any atom is -0.481 e. The molecule has 1 aromatic heterocycles. The molecule has 88 valence electrons. The van der Waals surface area contributed by atoms with Gasteiger partial charge in [-0.15, -0.1) is 0 Å². The van der Waals surface area contributed by atoms with Gasteiger partial charge in [-0.3, -0.25) is 4.79 Å². The summed E-state index contributed by atoms with van der Waals surface area (Å²) in [6.07, 6.45) is 5.05. The Kier molecular flexibility index (Phi) is 3.23. The van der Waals surface area contributed by atoms with Gasteiger partial charge < -0.3 is 9.67 Å². The van der Waals surface area contributed by atoms with Gasteiger partial charge >= 0.3 is 5.97 Å². The van der Waals surface area contributed by atoms with Gasteiger partial charge in [0.25, 0.3) is 0 Å². The van der Waals surface area contributed by atoms with Crippen LogP contribution in [0.4, 0.5) is 0 Å². The predicted molar refractivity (Wildman–Crippen MR) is 63.8 cm³/mol. The van der Waals surface area contributed by atoms with Crippen LogP contribution in [0.5, 0.6) is 0 Å². The third-order valence-electron chi connectivity index (χ3n) is 2.81. The molecule has 0 saturated carbocycles. The third kappa shape index (κ3) is 2.53. The molecule has 1 unspecified atom stereocenters. The molecule has 0 aliphatic rings. The number of aryl methyl sites for hydroxylation is 1. The van der Waals surface area contributed by atoms with E-state index < -0.39 is 11.9 Å². The zero-order chi connectivity index (χ0) is 12.3. The molecule has 0 bridgehead atoms. The molecule has 1 heterocycles. The Morgan fingerprint density at radius 2 is 2.24 bits per heavy atom. The Hall–Kier alpha value is -2.10. The van der Waals surface area contributed by atoms with Crippen molar-refractivity contribution in [1.29, 1.82) is 0 Å². The highest BCUT2D eigenvalue weighted by Crippen LogP contribution is 2.21. The average molecular weight is 230 g/mol. The van der Waals surface area contributed by atoms with Crippen LogP contribution in [0.2, 0.25) is 0 Å². The molecular formula is C13H14N2O2. The topological polar surface area (TPSA) is 55.1 Å². The molecule has 17 heavy (non-hydrogen) atoms. The van der Waals surface area contributed by atoms with E-state index in [1.165, 1.54) is 0 Å². The van der Waals surface area contributed by atoms with Crippen LogP contribution in [0.25, 0.3) is 0 Å². The van der Waals surface area contributed by atoms with E-state index in [9.17, 15) is 9.90 Å². The van der Waals surface area contributed by atoms with Crippen molar-refractivity contribution in [1.82, 2.24) is 9.55 Å². The van der Waals surface area contributed by atoms with Gasteiger partial charge in [0.05, 0.1) is 12.2 Å². The lowest BCUT2D eigenvalue weighted by Crippen LogP contribution is -2.18. The third-order valence-corrected chi connectivity index (χ3v) is 2.81. The first-order chi connectivity index (χ1) is 8.18. The van der Waals surface area contributed by atoms with Gasteiger partial charge in [0.2, 0.25) is 0 Å². The number of carboxylic acid groups (broad SMARTS) is 1. The lowest BCUT2D eigenvalue weighted by atomic mass is 9.95. The quantitative estimate of drug-likeness (QED) is 0.874. The Balaban J connectivity index is 2.30. The number of rotatable bonds is 4. The number of aliphatic carboxylic acids is 1. The second-order valence-corrected chi connectivity index (χ2v) is 4.01. The molecule has 0 amide bonds. The van der Waals surface area contributed by atoms with Crippen LogP contribution < -0.4 is 0 Å². The fraction of sp³-hybridized carbons (Fsp3) is 0.231. The minimum absolute atomic E-state index is 0.403. The first-order valence-corrected chi connectivity index (χ1v) is 5.42. The molecule has 0 aliphatic carbocycles. The second-order valence-electron chi connectivity index (χ2n) is 4.01. The number of nitrogens with zero attached hydrogens (tertiary/aromatic N) is 2. The molecule has 4 heteroatoms. The summed E-state index contributed by atoms with van der Waals surface area (Å²) in [6.45, 7) is 2.33. The van der Waals surface area contributed by atoms with Crippen LogP contribution >= 0.6 is 0 Å². The highest BCUT2D eigenvalue weighted by atomic mass is 16.4. The van der Waals surface area contributed by atoms with Gasteiger partial charge in [-0.05, 0) is 18.1 Å². The predicted octanol–water partition coefficient (Wildman–Crippen LogP) is 2.06. The number of carbonyl (C=O) groups is 1. The van der Waals surface area contributed by atoms with Crippen molar-refractivity contribution >= 4 is 5.97 Å². The maximum Gasteiger partial charge on any atom is 0.312 e. The molecular weight excluding hydrogens is 216 g/mol. The first kappa shape index (κ1) is 11.4. The Bertz CT molecular complexity index is 506. The number of aromatic nitrogens is 2. The van der Waals surface area contributed by atoms with E-state index in [1.807, 2.05) is 31.2 Å². The number of carboxylic acids is 1. The normalized spacial score (nSPS) is 12.3. The fourth-order valence-electron chi connectivity index (χ4n) is 1.89. The molecule has 4 nitrogen and oxygen atoms in total. The van der Waals surface area contributed by atoms with Crippen molar-refractivity contribution in [3.05, 3.63) is 54.1 Å². The second kappa shape index (κ2) is 4.82. The van der Waals surface area contributed by atoms with Crippen molar-refractivity contribution in [2.24, 2.45) is 0 Å². The SMILES string of the molecule is Cc1ccccc1C(Cn1ccnc1)C(=O)O. The van der Waals surface area contributed by atoms with Crippen molar-refractivity contribution in [3.63, 3.8) is 0 Å². The minimum atomic E-state index is -0.812. The zero-order valence-electron chi connectivity index (χ0n) is 9.58. The van der Waals surface area contributed by atoms with Crippen LogP contribution in [0.3, 0.4) is 0 Å². The Morgan fingerprint density at radius 3 is 2.82 bits per heavy atom. The van der Waals surface area contributed by atoms with E-state index in [4.69, 9.17) is 0 Å². The van der Waals surface area contributed by atoms with E-state index in [0.717, 1.165) is 11.1 Å². The summed E-state index contributed by atoms with van der Waals surface area (Å²) in [5, 5.41) is 9.32. The van der Waals surface area contributed by atoms with E-state index in [-0.39, 0.29) is 0 Å². The first-order valence-electron chi connectivity index (χ1n) is 5.42. The molecule has 0 saturated heterocycles. The molecule has 1 N–H and O–H groups in total. The lowest BCUT2D eigenvalue weighted by Gasteiger charge is -2.15. The summed E-state index contributed by atoms with van der Waals surface area (Å²) in [5.74, 6) is -1.35. The fourth-order valence-corrected chi connectivity index (χ4v) is 1.89. The largest absolute Gasteiger partial charge is 0.481 e. The van der Waals surface area contributed by atoms with Crippen molar-refractivity contribution in [3.8, 4) is 0 Å². The molecule has 2 rings (SSSR count). The van der Waals surface area contributed by atoms with E-state index in [2.05, 4.69) is 4.98 Å². The van der Waals surface area contributed by atoms with Gasteiger partial charge in [-0.25, -0.2) is 4.98 Å². The number of hydrogen-bond donors (Lipinski definition) is 1. The summed E-state index contributed by atoms with van der Waals surface area (Å²) in [7, 11) is 0. The maximum atomic E-state index is 11.3. The summed E-state index contributed by atoms with van der Waals surface area (Å²) in [5.41, 5.74) is 1.86.